The number of ether oxygens (including phenoxy) is 2. The molecule has 62 valence electrons. The Labute approximate surface area is 69.9 Å². The van der Waals surface area contributed by atoms with Gasteiger partial charge in [0.15, 0.2) is 5.76 Å². The van der Waals surface area contributed by atoms with Gasteiger partial charge in [-0.05, 0) is 12.1 Å². The van der Waals surface area contributed by atoms with Crippen LogP contribution in [0.1, 0.15) is 5.56 Å². The fraction of sp³-hybridized carbons (Fsp3) is 0.111. The van der Waals surface area contributed by atoms with Crippen LogP contribution in [0.15, 0.2) is 30.5 Å². The van der Waals surface area contributed by atoms with Crippen molar-refractivity contribution in [1.29, 1.82) is 0 Å². The van der Waals surface area contributed by atoms with Gasteiger partial charge in [0.1, 0.15) is 12.0 Å². The third kappa shape index (κ3) is 1.09. The van der Waals surface area contributed by atoms with Crippen molar-refractivity contribution in [2.75, 3.05) is 6.79 Å². The molecule has 1 N–H and O–H groups in total. The molecule has 1 aliphatic rings. The summed E-state index contributed by atoms with van der Waals surface area (Å²) in [7, 11) is 0. The quantitative estimate of drug-likeness (QED) is 0.686. The van der Waals surface area contributed by atoms with E-state index in [-0.39, 0.29) is 12.5 Å². The fourth-order valence-electron chi connectivity index (χ4n) is 1.06. The maximum absolute atomic E-state index is 9.39. The summed E-state index contributed by atoms with van der Waals surface area (Å²) in [6.45, 7) is 0.226. The van der Waals surface area contributed by atoms with Crippen LogP contribution < -0.4 is 0 Å². The summed E-state index contributed by atoms with van der Waals surface area (Å²) in [5.74, 6) is 0.780. The van der Waals surface area contributed by atoms with Crippen LogP contribution in [0.3, 0.4) is 0 Å². The highest BCUT2D eigenvalue weighted by Gasteiger charge is 2.11. The summed E-state index contributed by atoms with van der Waals surface area (Å²) < 4.78 is 9.97. The van der Waals surface area contributed by atoms with Gasteiger partial charge in [-0.15, -0.1) is 0 Å². The average molecular weight is 164 g/mol. The molecule has 0 unspecified atom stereocenters. The van der Waals surface area contributed by atoms with Crippen molar-refractivity contribution >= 4 is 5.76 Å². The van der Waals surface area contributed by atoms with Crippen molar-refractivity contribution in [2.24, 2.45) is 0 Å². The Morgan fingerprint density at radius 2 is 2.08 bits per heavy atom. The van der Waals surface area contributed by atoms with E-state index in [0.717, 1.165) is 0 Å². The monoisotopic (exact) mass is 164 g/mol. The average Bonchev–Trinajstić information content (AvgIpc) is 2.57. The lowest BCUT2D eigenvalue weighted by atomic mass is 10.2. The summed E-state index contributed by atoms with van der Waals surface area (Å²) in [5.41, 5.74) is 0.662. The number of aromatic hydroxyl groups is 1. The number of para-hydroxylation sites is 1. The van der Waals surface area contributed by atoms with E-state index in [1.807, 2.05) is 6.07 Å². The van der Waals surface area contributed by atoms with Gasteiger partial charge >= 0.3 is 0 Å². The third-order valence-electron chi connectivity index (χ3n) is 1.64. The molecular formula is C9H8O3. The Bertz CT molecular complexity index is 317. The number of hydrogen-bond acceptors (Lipinski definition) is 3. The van der Waals surface area contributed by atoms with E-state index in [2.05, 4.69) is 0 Å². The first-order valence-corrected chi connectivity index (χ1v) is 3.61. The van der Waals surface area contributed by atoms with Crippen LogP contribution in [0.5, 0.6) is 5.75 Å². The van der Waals surface area contributed by atoms with E-state index < -0.39 is 0 Å². The second kappa shape index (κ2) is 2.77. The Hall–Kier alpha value is -1.64. The standard InChI is InChI=1S/C9H8O3/c10-8-4-2-1-3-7(8)9-5-11-6-12-9/h1-5,10H,6H2. The normalized spacial score (nSPS) is 14.8. The molecule has 0 bridgehead atoms. The fourth-order valence-corrected chi connectivity index (χ4v) is 1.06. The van der Waals surface area contributed by atoms with Crippen LogP contribution in [-0.2, 0) is 9.47 Å². The van der Waals surface area contributed by atoms with E-state index in [1.165, 1.54) is 6.26 Å². The summed E-state index contributed by atoms with van der Waals surface area (Å²) in [6.07, 6.45) is 1.50. The Morgan fingerprint density at radius 3 is 2.75 bits per heavy atom. The first kappa shape index (κ1) is 7.03. The van der Waals surface area contributed by atoms with Gasteiger partial charge in [-0.3, -0.25) is 0 Å². The van der Waals surface area contributed by atoms with E-state index in [0.29, 0.717) is 11.3 Å². The smallest absolute Gasteiger partial charge is 0.230 e. The Morgan fingerprint density at radius 1 is 1.25 bits per heavy atom. The SMILES string of the molecule is Oc1ccccc1C1=COCO1. The molecule has 1 aromatic carbocycles. The van der Waals surface area contributed by atoms with Crippen LogP contribution >= 0.6 is 0 Å². The first-order valence-electron chi connectivity index (χ1n) is 3.61. The van der Waals surface area contributed by atoms with Crippen molar-refractivity contribution < 1.29 is 14.6 Å². The van der Waals surface area contributed by atoms with Gasteiger partial charge in [-0.2, -0.15) is 0 Å². The summed E-state index contributed by atoms with van der Waals surface area (Å²) in [6, 6.07) is 6.97. The molecule has 1 aromatic rings. The topological polar surface area (TPSA) is 38.7 Å². The lowest BCUT2D eigenvalue weighted by Crippen LogP contribution is -1.86. The molecule has 2 rings (SSSR count). The molecule has 3 nitrogen and oxygen atoms in total. The molecule has 0 aromatic heterocycles. The number of phenolic OH excluding ortho intramolecular Hbond substituents is 1. The zero-order valence-corrected chi connectivity index (χ0v) is 6.36. The van der Waals surface area contributed by atoms with Crippen LogP contribution in [0.2, 0.25) is 0 Å². The van der Waals surface area contributed by atoms with Gasteiger partial charge in [0.05, 0.1) is 5.56 Å². The molecule has 0 saturated heterocycles. The lowest BCUT2D eigenvalue weighted by Gasteiger charge is -2.02. The second-order valence-electron chi connectivity index (χ2n) is 2.43. The van der Waals surface area contributed by atoms with E-state index >= 15 is 0 Å². The number of rotatable bonds is 1. The zero-order chi connectivity index (χ0) is 8.39. The van der Waals surface area contributed by atoms with Crippen LogP contribution in [0, 0.1) is 0 Å². The van der Waals surface area contributed by atoms with Gasteiger partial charge in [-0.25, -0.2) is 0 Å². The molecule has 3 heteroatoms. The lowest BCUT2D eigenvalue weighted by molar-refractivity contribution is 0.100. The Balaban J connectivity index is 2.39. The van der Waals surface area contributed by atoms with E-state index in [4.69, 9.17) is 9.47 Å². The van der Waals surface area contributed by atoms with Crippen molar-refractivity contribution in [2.45, 2.75) is 0 Å². The highest BCUT2D eigenvalue weighted by molar-refractivity contribution is 5.65. The summed E-state index contributed by atoms with van der Waals surface area (Å²) >= 11 is 0. The maximum atomic E-state index is 9.39. The molecule has 0 radical (unpaired) electrons. The van der Waals surface area contributed by atoms with Crippen LogP contribution in [0.4, 0.5) is 0 Å². The molecule has 1 heterocycles. The van der Waals surface area contributed by atoms with Crippen molar-refractivity contribution in [1.82, 2.24) is 0 Å². The van der Waals surface area contributed by atoms with Crippen LogP contribution in [-0.4, -0.2) is 11.9 Å². The highest BCUT2D eigenvalue weighted by atomic mass is 16.7. The molecule has 0 aliphatic carbocycles. The van der Waals surface area contributed by atoms with Gasteiger partial charge < -0.3 is 14.6 Å². The number of benzene rings is 1. The molecule has 0 fully saturated rings. The minimum Gasteiger partial charge on any atom is -0.507 e. The molecule has 12 heavy (non-hydrogen) atoms. The molecule has 0 saturated carbocycles. The minimum absolute atomic E-state index is 0.203. The van der Waals surface area contributed by atoms with Gasteiger partial charge in [0, 0.05) is 0 Å². The predicted octanol–water partition coefficient (Wildman–Crippen LogP) is 1.69. The second-order valence-corrected chi connectivity index (χ2v) is 2.43. The zero-order valence-electron chi connectivity index (χ0n) is 6.36. The van der Waals surface area contributed by atoms with E-state index in [1.54, 1.807) is 18.2 Å². The molecule has 1 aliphatic heterocycles. The molecular weight excluding hydrogens is 156 g/mol. The number of hydrogen-bond donors (Lipinski definition) is 1. The maximum Gasteiger partial charge on any atom is 0.230 e. The largest absolute Gasteiger partial charge is 0.507 e. The van der Waals surface area contributed by atoms with Crippen molar-refractivity contribution in [3.63, 3.8) is 0 Å². The predicted molar refractivity (Wildman–Crippen MR) is 43.1 cm³/mol. The molecule has 0 spiro atoms. The van der Waals surface area contributed by atoms with E-state index in [9.17, 15) is 5.11 Å². The first-order chi connectivity index (χ1) is 5.88. The third-order valence-corrected chi connectivity index (χ3v) is 1.64. The molecule has 0 amide bonds. The van der Waals surface area contributed by atoms with Crippen LogP contribution in [0.25, 0.3) is 5.76 Å². The van der Waals surface area contributed by atoms with Crippen molar-refractivity contribution in [3.05, 3.63) is 36.1 Å². The minimum atomic E-state index is 0.203. The van der Waals surface area contributed by atoms with Gasteiger partial charge in [0.2, 0.25) is 6.79 Å². The van der Waals surface area contributed by atoms with Gasteiger partial charge in [0.25, 0.3) is 0 Å². The summed E-state index contributed by atoms with van der Waals surface area (Å²) in [5, 5.41) is 9.39. The van der Waals surface area contributed by atoms with Gasteiger partial charge in [-0.1, -0.05) is 12.1 Å². The number of phenols is 1. The molecule has 0 atom stereocenters. The summed E-state index contributed by atoms with van der Waals surface area (Å²) in [4.78, 5) is 0. The van der Waals surface area contributed by atoms with Crippen molar-refractivity contribution in [3.8, 4) is 5.75 Å². The Kier molecular flexibility index (Phi) is 1.63. The highest BCUT2D eigenvalue weighted by Crippen LogP contribution is 2.27.